The summed E-state index contributed by atoms with van der Waals surface area (Å²) in [7, 11) is 0. The fraction of sp³-hybridized carbons (Fsp3) is 0.214. The molecule has 5 nitrogen and oxygen atoms in total. The van der Waals surface area contributed by atoms with Crippen LogP contribution in [-0.2, 0) is 4.79 Å². The molecule has 1 amide bonds. The second-order valence-corrected chi connectivity index (χ2v) is 4.66. The van der Waals surface area contributed by atoms with E-state index in [1.54, 1.807) is 6.07 Å². The van der Waals surface area contributed by atoms with E-state index in [-0.39, 0.29) is 11.8 Å². The maximum atomic E-state index is 11.2. The third-order valence-electron chi connectivity index (χ3n) is 3.34. The van der Waals surface area contributed by atoms with Gasteiger partial charge in [0.2, 0.25) is 5.91 Å². The Morgan fingerprint density at radius 3 is 2.63 bits per heavy atom. The number of amides is 1. The van der Waals surface area contributed by atoms with Crippen molar-refractivity contribution < 1.29 is 4.79 Å². The zero-order chi connectivity index (χ0) is 13.2. The van der Waals surface area contributed by atoms with E-state index in [1.807, 2.05) is 24.3 Å². The fourth-order valence-electron chi connectivity index (χ4n) is 2.30. The van der Waals surface area contributed by atoms with Crippen LogP contribution in [-0.4, -0.2) is 22.4 Å². The number of carbonyl (C=O) groups is 1. The summed E-state index contributed by atoms with van der Waals surface area (Å²) in [6.45, 7) is 0.721. The molecular weight excluding hydrogens is 240 g/mol. The lowest BCUT2D eigenvalue weighted by molar-refractivity contribution is -0.119. The van der Waals surface area contributed by atoms with Crippen LogP contribution in [0.2, 0.25) is 0 Å². The van der Waals surface area contributed by atoms with Gasteiger partial charge in [0.1, 0.15) is 12.1 Å². The van der Waals surface area contributed by atoms with E-state index >= 15 is 0 Å². The Kier molecular flexibility index (Phi) is 2.87. The van der Waals surface area contributed by atoms with Crippen molar-refractivity contribution in [3.63, 3.8) is 0 Å². The molecule has 1 atom stereocenters. The number of anilines is 1. The van der Waals surface area contributed by atoms with Gasteiger partial charge in [-0.1, -0.05) is 24.3 Å². The van der Waals surface area contributed by atoms with Gasteiger partial charge < -0.3 is 11.1 Å². The number of nitrogens with one attached hydrogen (secondary N) is 1. The summed E-state index contributed by atoms with van der Waals surface area (Å²) < 4.78 is 0. The predicted octanol–water partition coefficient (Wildman–Crippen LogP) is 1.33. The molecule has 0 bridgehead atoms. The number of nitrogen functional groups attached to an aromatic ring is 1. The Labute approximate surface area is 110 Å². The normalized spacial score (nSPS) is 18.3. The lowest BCUT2D eigenvalue weighted by Gasteiger charge is -2.08. The van der Waals surface area contributed by atoms with Crippen molar-refractivity contribution in [2.75, 3.05) is 12.3 Å². The standard InChI is InChI=1S/C14H14N4O/c15-13-6-12(17-8-18-13)10-3-1-9(2-4-10)11-5-14(19)16-7-11/h1-4,6,8,11H,5,7H2,(H,16,19)(H2,15,17,18). The largest absolute Gasteiger partial charge is 0.384 e. The van der Waals surface area contributed by atoms with E-state index in [4.69, 9.17) is 5.73 Å². The third kappa shape index (κ3) is 2.40. The van der Waals surface area contributed by atoms with Crippen molar-refractivity contribution in [1.82, 2.24) is 15.3 Å². The first-order valence-electron chi connectivity index (χ1n) is 6.17. The number of rotatable bonds is 2. The number of nitrogens with zero attached hydrogens (tertiary/aromatic N) is 2. The summed E-state index contributed by atoms with van der Waals surface area (Å²) in [5, 5.41) is 2.85. The first kappa shape index (κ1) is 11.6. The zero-order valence-electron chi connectivity index (χ0n) is 10.3. The van der Waals surface area contributed by atoms with Crippen molar-refractivity contribution in [1.29, 1.82) is 0 Å². The molecule has 3 rings (SSSR count). The Morgan fingerprint density at radius 1 is 1.21 bits per heavy atom. The molecule has 1 saturated heterocycles. The average molecular weight is 254 g/mol. The van der Waals surface area contributed by atoms with Gasteiger partial charge in [-0.25, -0.2) is 9.97 Å². The number of aromatic nitrogens is 2. The van der Waals surface area contributed by atoms with Gasteiger partial charge in [-0.15, -0.1) is 0 Å². The summed E-state index contributed by atoms with van der Waals surface area (Å²) in [6, 6.07) is 9.83. The molecule has 0 spiro atoms. The molecule has 3 N–H and O–H groups in total. The van der Waals surface area contributed by atoms with Gasteiger partial charge in [0.15, 0.2) is 0 Å². The van der Waals surface area contributed by atoms with Gasteiger partial charge in [-0.2, -0.15) is 0 Å². The molecule has 1 aromatic carbocycles. The van der Waals surface area contributed by atoms with Crippen molar-refractivity contribution in [2.24, 2.45) is 0 Å². The van der Waals surface area contributed by atoms with E-state index in [2.05, 4.69) is 15.3 Å². The first-order valence-corrected chi connectivity index (χ1v) is 6.17. The van der Waals surface area contributed by atoms with Crippen molar-refractivity contribution in [3.8, 4) is 11.3 Å². The second-order valence-electron chi connectivity index (χ2n) is 4.66. The van der Waals surface area contributed by atoms with Crippen LogP contribution in [0, 0.1) is 0 Å². The quantitative estimate of drug-likeness (QED) is 0.847. The van der Waals surface area contributed by atoms with Gasteiger partial charge in [0.25, 0.3) is 0 Å². The Balaban J connectivity index is 1.85. The number of hydrogen-bond acceptors (Lipinski definition) is 4. The van der Waals surface area contributed by atoms with Gasteiger partial charge in [-0.05, 0) is 5.56 Å². The Bertz CT molecular complexity index is 609. The predicted molar refractivity (Wildman–Crippen MR) is 72.2 cm³/mol. The minimum atomic E-state index is 0.123. The number of benzene rings is 1. The maximum Gasteiger partial charge on any atom is 0.220 e. The molecule has 19 heavy (non-hydrogen) atoms. The van der Waals surface area contributed by atoms with Gasteiger partial charge in [0, 0.05) is 30.5 Å². The third-order valence-corrected chi connectivity index (χ3v) is 3.34. The SMILES string of the molecule is Nc1cc(-c2ccc(C3CNC(=O)C3)cc2)ncn1. The monoisotopic (exact) mass is 254 g/mol. The summed E-state index contributed by atoms with van der Waals surface area (Å²) in [4.78, 5) is 19.3. The molecule has 0 radical (unpaired) electrons. The molecule has 0 saturated carbocycles. The van der Waals surface area contributed by atoms with E-state index in [1.165, 1.54) is 11.9 Å². The molecule has 2 aromatic rings. The van der Waals surface area contributed by atoms with E-state index < -0.39 is 0 Å². The van der Waals surface area contributed by atoms with Crippen molar-refractivity contribution in [2.45, 2.75) is 12.3 Å². The highest BCUT2D eigenvalue weighted by atomic mass is 16.1. The molecular formula is C14H14N4O. The molecule has 5 heteroatoms. The molecule has 96 valence electrons. The maximum absolute atomic E-state index is 11.2. The fourth-order valence-corrected chi connectivity index (χ4v) is 2.30. The lowest BCUT2D eigenvalue weighted by atomic mass is 9.96. The van der Waals surface area contributed by atoms with E-state index in [0.29, 0.717) is 12.2 Å². The van der Waals surface area contributed by atoms with Crippen LogP contribution in [0.15, 0.2) is 36.7 Å². The van der Waals surface area contributed by atoms with E-state index in [0.717, 1.165) is 17.8 Å². The number of hydrogen-bond donors (Lipinski definition) is 2. The molecule has 1 aliphatic rings. The van der Waals surface area contributed by atoms with Gasteiger partial charge >= 0.3 is 0 Å². The van der Waals surface area contributed by atoms with Gasteiger partial charge in [-0.3, -0.25) is 4.79 Å². The van der Waals surface area contributed by atoms with Gasteiger partial charge in [0.05, 0.1) is 5.69 Å². The minimum Gasteiger partial charge on any atom is -0.384 e. The summed E-state index contributed by atoms with van der Waals surface area (Å²) >= 11 is 0. The van der Waals surface area contributed by atoms with Crippen LogP contribution in [0.1, 0.15) is 17.9 Å². The van der Waals surface area contributed by atoms with Crippen LogP contribution in [0.3, 0.4) is 0 Å². The van der Waals surface area contributed by atoms with Crippen LogP contribution in [0.5, 0.6) is 0 Å². The zero-order valence-corrected chi connectivity index (χ0v) is 10.3. The first-order chi connectivity index (χ1) is 9.22. The highest BCUT2D eigenvalue weighted by Gasteiger charge is 2.22. The lowest BCUT2D eigenvalue weighted by Crippen LogP contribution is -2.13. The Hall–Kier alpha value is -2.43. The Morgan fingerprint density at radius 2 is 2.00 bits per heavy atom. The van der Waals surface area contributed by atoms with Crippen LogP contribution in [0.25, 0.3) is 11.3 Å². The molecule has 1 aromatic heterocycles. The molecule has 0 aliphatic carbocycles. The number of carbonyl (C=O) groups excluding carboxylic acids is 1. The topological polar surface area (TPSA) is 80.9 Å². The molecule has 1 unspecified atom stereocenters. The van der Waals surface area contributed by atoms with Crippen molar-refractivity contribution in [3.05, 3.63) is 42.2 Å². The average Bonchev–Trinajstić information content (AvgIpc) is 2.86. The number of nitrogens with two attached hydrogens (primary N) is 1. The van der Waals surface area contributed by atoms with Crippen LogP contribution < -0.4 is 11.1 Å². The minimum absolute atomic E-state index is 0.123. The molecule has 2 heterocycles. The highest BCUT2D eigenvalue weighted by Crippen LogP contribution is 2.25. The molecule has 1 fully saturated rings. The highest BCUT2D eigenvalue weighted by molar-refractivity contribution is 5.79. The molecule has 1 aliphatic heterocycles. The van der Waals surface area contributed by atoms with Crippen molar-refractivity contribution >= 4 is 11.7 Å². The summed E-state index contributed by atoms with van der Waals surface area (Å²) in [5.41, 5.74) is 8.62. The van der Waals surface area contributed by atoms with Crippen LogP contribution in [0.4, 0.5) is 5.82 Å². The van der Waals surface area contributed by atoms with Crippen LogP contribution >= 0.6 is 0 Å². The summed E-state index contributed by atoms with van der Waals surface area (Å²) in [5.74, 6) is 0.856. The second kappa shape index (κ2) is 4.68. The summed E-state index contributed by atoms with van der Waals surface area (Å²) in [6.07, 6.45) is 2.03. The van der Waals surface area contributed by atoms with E-state index in [9.17, 15) is 4.79 Å². The smallest absolute Gasteiger partial charge is 0.220 e.